The van der Waals surface area contributed by atoms with Crippen LogP contribution in [0, 0.1) is 13.8 Å². The maximum Gasteiger partial charge on any atom is 0.217 e. The standard InChI is InChI=1S/C13H16N2O/c1-8-4-11-6-12(7-14-10(3)16)15-13(11)5-9(8)2/h4-6,15H,7H2,1-3H3,(H,14,16). The van der Waals surface area contributed by atoms with Crippen LogP contribution in [0.15, 0.2) is 18.2 Å². The van der Waals surface area contributed by atoms with Gasteiger partial charge in [0.15, 0.2) is 0 Å². The smallest absolute Gasteiger partial charge is 0.217 e. The van der Waals surface area contributed by atoms with Crippen LogP contribution in [0.25, 0.3) is 10.9 Å². The molecule has 1 heterocycles. The van der Waals surface area contributed by atoms with E-state index in [1.807, 2.05) is 0 Å². The monoisotopic (exact) mass is 216 g/mol. The summed E-state index contributed by atoms with van der Waals surface area (Å²) in [5, 5.41) is 3.98. The third-order valence-electron chi connectivity index (χ3n) is 2.82. The number of aromatic nitrogens is 1. The molecule has 0 atom stereocenters. The summed E-state index contributed by atoms with van der Waals surface area (Å²) in [6, 6.07) is 6.39. The molecule has 3 heteroatoms. The summed E-state index contributed by atoms with van der Waals surface area (Å²) in [6.45, 7) is 6.29. The lowest BCUT2D eigenvalue weighted by atomic mass is 10.1. The van der Waals surface area contributed by atoms with E-state index in [0.29, 0.717) is 6.54 Å². The number of nitrogens with one attached hydrogen (secondary N) is 2. The van der Waals surface area contributed by atoms with Crippen LogP contribution in [0.4, 0.5) is 0 Å². The van der Waals surface area contributed by atoms with E-state index >= 15 is 0 Å². The van der Waals surface area contributed by atoms with Crippen LogP contribution in [0.1, 0.15) is 23.7 Å². The van der Waals surface area contributed by atoms with Crippen LogP contribution < -0.4 is 5.32 Å². The van der Waals surface area contributed by atoms with E-state index in [2.05, 4.69) is 42.3 Å². The molecule has 2 N–H and O–H groups in total. The highest BCUT2D eigenvalue weighted by Gasteiger charge is 2.03. The van der Waals surface area contributed by atoms with Crippen molar-refractivity contribution in [3.8, 4) is 0 Å². The fraction of sp³-hybridized carbons (Fsp3) is 0.308. The molecule has 0 fully saturated rings. The van der Waals surface area contributed by atoms with Gasteiger partial charge in [-0.15, -0.1) is 0 Å². The van der Waals surface area contributed by atoms with E-state index in [1.165, 1.54) is 23.4 Å². The summed E-state index contributed by atoms with van der Waals surface area (Å²) in [7, 11) is 0. The van der Waals surface area contributed by atoms with Gasteiger partial charge in [-0.25, -0.2) is 0 Å². The molecule has 1 aromatic carbocycles. The van der Waals surface area contributed by atoms with Gasteiger partial charge in [-0.05, 0) is 48.6 Å². The molecule has 0 saturated carbocycles. The lowest BCUT2D eigenvalue weighted by Gasteiger charge is -1.98. The number of carbonyl (C=O) groups is 1. The second-order valence-corrected chi connectivity index (χ2v) is 4.23. The molecule has 3 nitrogen and oxygen atoms in total. The van der Waals surface area contributed by atoms with Gasteiger partial charge in [0.1, 0.15) is 0 Å². The highest BCUT2D eigenvalue weighted by atomic mass is 16.1. The van der Waals surface area contributed by atoms with Crippen molar-refractivity contribution < 1.29 is 4.79 Å². The summed E-state index contributed by atoms with van der Waals surface area (Å²) in [5.41, 5.74) is 4.73. The average molecular weight is 216 g/mol. The van der Waals surface area contributed by atoms with E-state index in [9.17, 15) is 4.79 Å². The van der Waals surface area contributed by atoms with Crippen LogP contribution in [0.3, 0.4) is 0 Å². The van der Waals surface area contributed by atoms with Crippen LogP contribution in [-0.4, -0.2) is 10.9 Å². The number of fused-ring (bicyclic) bond motifs is 1. The summed E-state index contributed by atoms with van der Waals surface area (Å²) >= 11 is 0. The molecule has 0 radical (unpaired) electrons. The van der Waals surface area contributed by atoms with Gasteiger partial charge in [-0.3, -0.25) is 4.79 Å². The molecule has 0 saturated heterocycles. The highest BCUT2D eigenvalue weighted by molar-refractivity contribution is 5.82. The van der Waals surface area contributed by atoms with Gasteiger partial charge in [0.25, 0.3) is 0 Å². The molecule has 0 bridgehead atoms. The maximum atomic E-state index is 10.8. The third kappa shape index (κ3) is 2.08. The highest BCUT2D eigenvalue weighted by Crippen LogP contribution is 2.19. The van der Waals surface area contributed by atoms with Gasteiger partial charge in [-0.1, -0.05) is 0 Å². The largest absolute Gasteiger partial charge is 0.357 e. The predicted molar refractivity (Wildman–Crippen MR) is 65.3 cm³/mol. The minimum atomic E-state index is -0.00832. The van der Waals surface area contributed by atoms with Crippen LogP contribution in [-0.2, 0) is 11.3 Å². The quantitative estimate of drug-likeness (QED) is 0.795. The molecule has 1 amide bonds. The van der Waals surface area contributed by atoms with Crippen LogP contribution in [0.5, 0.6) is 0 Å². The molecule has 0 aliphatic carbocycles. The summed E-state index contributed by atoms with van der Waals surface area (Å²) in [4.78, 5) is 14.1. The number of aryl methyl sites for hydroxylation is 2. The number of hydrogen-bond donors (Lipinski definition) is 2. The molecule has 16 heavy (non-hydrogen) atoms. The number of rotatable bonds is 2. The molecule has 2 rings (SSSR count). The molecule has 84 valence electrons. The molecule has 0 aliphatic rings. The fourth-order valence-corrected chi connectivity index (χ4v) is 1.78. The Morgan fingerprint density at radius 3 is 2.62 bits per heavy atom. The minimum absolute atomic E-state index is 0.00832. The van der Waals surface area contributed by atoms with Crippen LogP contribution in [0.2, 0.25) is 0 Å². The molecule has 1 aromatic heterocycles. The van der Waals surface area contributed by atoms with E-state index in [-0.39, 0.29) is 5.91 Å². The SMILES string of the molecule is CC(=O)NCc1cc2cc(C)c(C)cc2[nH]1. The number of hydrogen-bond acceptors (Lipinski definition) is 1. The van der Waals surface area contributed by atoms with Crippen molar-refractivity contribution in [2.75, 3.05) is 0 Å². The second-order valence-electron chi connectivity index (χ2n) is 4.23. The first-order valence-electron chi connectivity index (χ1n) is 5.39. The van der Waals surface area contributed by atoms with Crippen molar-refractivity contribution >= 4 is 16.8 Å². The lowest BCUT2D eigenvalue weighted by molar-refractivity contribution is -0.119. The maximum absolute atomic E-state index is 10.8. The Kier molecular flexibility index (Phi) is 2.69. The Morgan fingerprint density at radius 1 is 1.25 bits per heavy atom. The number of H-pyrrole nitrogens is 1. The molecule has 0 spiro atoms. The zero-order valence-corrected chi connectivity index (χ0v) is 9.85. The van der Waals surface area contributed by atoms with Gasteiger partial charge in [0.05, 0.1) is 6.54 Å². The Morgan fingerprint density at radius 2 is 1.94 bits per heavy atom. The lowest BCUT2D eigenvalue weighted by Crippen LogP contribution is -2.18. The van der Waals surface area contributed by atoms with Gasteiger partial charge in [-0.2, -0.15) is 0 Å². The Hall–Kier alpha value is -1.77. The van der Waals surface area contributed by atoms with E-state index in [1.54, 1.807) is 0 Å². The Labute approximate surface area is 94.9 Å². The number of benzene rings is 1. The normalized spacial score (nSPS) is 10.7. The topological polar surface area (TPSA) is 44.9 Å². The minimum Gasteiger partial charge on any atom is -0.357 e. The molecular formula is C13H16N2O. The zero-order valence-electron chi connectivity index (χ0n) is 9.85. The molecule has 0 aliphatic heterocycles. The van der Waals surface area contributed by atoms with E-state index in [0.717, 1.165) is 11.2 Å². The van der Waals surface area contributed by atoms with Crippen LogP contribution >= 0.6 is 0 Å². The van der Waals surface area contributed by atoms with Gasteiger partial charge in [0, 0.05) is 18.1 Å². The zero-order chi connectivity index (χ0) is 11.7. The van der Waals surface area contributed by atoms with Gasteiger partial charge < -0.3 is 10.3 Å². The summed E-state index contributed by atoms with van der Waals surface area (Å²) in [6.07, 6.45) is 0. The van der Waals surface area contributed by atoms with E-state index < -0.39 is 0 Å². The third-order valence-corrected chi connectivity index (χ3v) is 2.82. The summed E-state index contributed by atoms with van der Waals surface area (Å²) in [5.74, 6) is -0.00832. The molecule has 2 aromatic rings. The first kappa shape index (κ1) is 10.7. The van der Waals surface area contributed by atoms with E-state index in [4.69, 9.17) is 0 Å². The van der Waals surface area contributed by atoms with Gasteiger partial charge >= 0.3 is 0 Å². The number of aromatic amines is 1. The van der Waals surface area contributed by atoms with Crippen molar-refractivity contribution in [1.29, 1.82) is 0 Å². The summed E-state index contributed by atoms with van der Waals surface area (Å²) < 4.78 is 0. The first-order valence-corrected chi connectivity index (χ1v) is 5.39. The fourth-order valence-electron chi connectivity index (χ4n) is 1.78. The van der Waals surface area contributed by atoms with Crippen molar-refractivity contribution in [2.45, 2.75) is 27.3 Å². The number of carbonyl (C=O) groups excluding carboxylic acids is 1. The molecule has 0 unspecified atom stereocenters. The van der Waals surface area contributed by atoms with Crippen molar-refractivity contribution in [3.63, 3.8) is 0 Å². The first-order chi connectivity index (χ1) is 7.56. The molecular weight excluding hydrogens is 200 g/mol. The Balaban J connectivity index is 2.33. The number of amides is 1. The van der Waals surface area contributed by atoms with Crippen molar-refractivity contribution in [2.24, 2.45) is 0 Å². The van der Waals surface area contributed by atoms with Gasteiger partial charge in [0.2, 0.25) is 5.91 Å². The van der Waals surface area contributed by atoms with Crippen molar-refractivity contribution in [1.82, 2.24) is 10.3 Å². The second kappa shape index (κ2) is 4.00. The average Bonchev–Trinajstić information content (AvgIpc) is 2.58. The predicted octanol–water partition coefficient (Wildman–Crippen LogP) is 2.42. The van der Waals surface area contributed by atoms with Crippen molar-refractivity contribution in [3.05, 3.63) is 35.0 Å². The Bertz CT molecular complexity index is 501.